The molecule has 0 aromatic rings. The number of carbonyl (C=O) groups is 1. The maximum absolute atomic E-state index is 11.0. The molecule has 1 saturated heterocycles. The summed E-state index contributed by atoms with van der Waals surface area (Å²) < 4.78 is 0. The third kappa shape index (κ3) is 0.945. The maximum Gasteiger partial charge on any atom is 0.321 e. The van der Waals surface area contributed by atoms with Crippen LogP contribution in [0.15, 0.2) is 0 Å². The maximum atomic E-state index is 11.0. The summed E-state index contributed by atoms with van der Waals surface area (Å²) in [4.78, 5) is 14.0. The molecular weight excluding hydrogens is 132 g/mol. The Morgan fingerprint density at radius 3 is 2.60 bits per heavy atom. The van der Waals surface area contributed by atoms with Gasteiger partial charge in [0.1, 0.15) is 6.23 Å². The largest absolute Gasteiger partial charge is 0.372 e. The standard InChI is InChI=1S/C6H12N2O2/c1-3-8-4-5(9)7(2)6(8)10/h5,9H,3-4H2,1-2H3. The molecule has 58 valence electrons. The van der Waals surface area contributed by atoms with Crippen LogP contribution in [0.1, 0.15) is 6.92 Å². The molecule has 1 atom stereocenters. The zero-order valence-corrected chi connectivity index (χ0v) is 6.24. The summed E-state index contributed by atoms with van der Waals surface area (Å²) in [5.74, 6) is 0. The van der Waals surface area contributed by atoms with Crippen molar-refractivity contribution in [1.29, 1.82) is 0 Å². The average molecular weight is 144 g/mol. The number of rotatable bonds is 1. The van der Waals surface area contributed by atoms with Crippen molar-refractivity contribution in [2.45, 2.75) is 13.2 Å². The minimum Gasteiger partial charge on any atom is -0.372 e. The number of aliphatic hydroxyl groups is 1. The van der Waals surface area contributed by atoms with Gasteiger partial charge in [-0.05, 0) is 6.92 Å². The minimum absolute atomic E-state index is 0.0880. The van der Waals surface area contributed by atoms with Crippen LogP contribution in [0.2, 0.25) is 0 Å². The van der Waals surface area contributed by atoms with Gasteiger partial charge >= 0.3 is 6.03 Å². The van der Waals surface area contributed by atoms with Gasteiger partial charge < -0.3 is 14.9 Å². The van der Waals surface area contributed by atoms with E-state index in [0.29, 0.717) is 13.1 Å². The number of hydrogen-bond donors (Lipinski definition) is 1. The molecule has 1 aliphatic heterocycles. The van der Waals surface area contributed by atoms with Crippen LogP contribution < -0.4 is 0 Å². The molecule has 0 spiro atoms. The summed E-state index contributed by atoms with van der Waals surface area (Å²) in [5, 5.41) is 9.13. The number of urea groups is 1. The zero-order chi connectivity index (χ0) is 7.72. The second kappa shape index (κ2) is 2.46. The molecule has 1 N–H and O–H groups in total. The van der Waals surface area contributed by atoms with E-state index in [0.717, 1.165) is 0 Å². The van der Waals surface area contributed by atoms with E-state index in [1.54, 1.807) is 11.9 Å². The summed E-state index contributed by atoms with van der Waals surface area (Å²) in [7, 11) is 1.60. The number of β-amino-alcohol motifs (C(OH)–C–C–N with tert-alkyl or cyclic N) is 1. The molecule has 1 heterocycles. The third-order valence-corrected chi connectivity index (χ3v) is 1.78. The van der Waals surface area contributed by atoms with Gasteiger partial charge in [-0.25, -0.2) is 4.79 Å². The monoisotopic (exact) mass is 144 g/mol. The van der Waals surface area contributed by atoms with Crippen LogP contribution in [-0.4, -0.2) is 47.3 Å². The SMILES string of the molecule is CCN1CC(O)N(C)C1=O. The molecule has 1 unspecified atom stereocenters. The first-order valence-electron chi connectivity index (χ1n) is 3.36. The van der Waals surface area contributed by atoms with Crippen molar-refractivity contribution in [1.82, 2.24) is 9.80 Å². The van der Waals surface area contributed by atoms with Gasteiger partial charge in [0, 0.05) is 13.6 Å². The minimum atomic E-state index is -0.618. The van der Waals surface area contributed by atoms with Gasteiger partial charge in [0.05, 0.1) is 6.54 Å². The van der Waals surface area contributed by atoms with E-state index in [-0.39, 0.29) is 6.03 Å². The summed E-state index contributed by atoms with van der Waals surface area (Å²) in [6.07, 6.45) is -0.618. The van der Waals surface area contributed by atoms with Gasteiger partial charge in [-0.2, -0.15) is 0 Å². The molecule has 0 bridgehead atoms. The summed E-state index contributed by atoms with van der Waals surface area (Å²) in [6, 6.07) is -0.0880. The second-order valence-corrected chi connectivity index (χ2v) is 2.41. The van der Waals surface area contributed by atoms with E-state index in [4.69, 9.17) is 5.11 Å². The Morgan fingerprint density at radius 1 is 1.80 bits per heavy atom. The quantitative estimate of drug-likeness (QED) is 0.548. The Hall–Kier alpha value is -0.770. The molecule has 0 aromatic carbocycles. The van der Waals surface area contributed by atoms with Crippen LogP contribution in [0.3, 0.4) is 0 Å². The second-order valence-electron chi connectivity index (χ2n) is 2.41. The van der Waals surface area contributed by atoms with Gasteiger partial charge in [0.15, 0.2) is 0 Å². The highest BCUT2D eigenvalue weighted by atomic mass is 16.3. The van der Waals surface area contributed by atoms with Crippen molar-refractivity contribution < 1.29 is 9.90 Å². The predicted octanol–water partition coefficient (Wildman–Crippen LogP) is -0.308. The molecule has 0 aromatic heterocycles. The fraction of sp³-hybridized carbons (Fsp3) is 0.833. The van der Waals surface area contributed by atoms with Crippen LogP contribution in [0.25, 0.3) is 0 Å². The summed E-state index contributed by atoms with van der Waals surface area (Å²) in [6.45, 7) is 3.00. The van der Waals surface area contributed by atoms with E-state index in [1.807, 2.05) is 6.92 Å². The van der Waals surface area contributed by atoms with Crippen molar-refractivity contribution in [2.24, 2.45) is 0 Å². The van der Waals surface area contributed by atoms with Crippen LogP contribution in [-0.2, 0) is 0 Å². The lowest BCUT2D eigenvalue weighted by atomic mass is 10.5. The van der Waals surface area contributed by atoms with E-state index in [1.165, 1.54) is 4.90 Å². The predicted molar refractivity (Wildman–Crippen MR) is 36.4 cm³/mol. The van der Waals surface area contributed by atoms with Gasteiger partial charge in [-0.3, -0.25) is 0 Å². The van der Waals surface area contributed by atoms with Crippen molar-refractivity contribution in [2.75, 3.05) is 20.1 Å². The summed E-state index contributed by atoms with van der Waals surface area (Å²) >= 11 is 0. The van der Waals surface area contributed by atoms with Crippen LogP contribution in [0.5, 0.6) is 0 Å². The van der Waals surface area contributed by atoms with E-state index in [9.17, 15) is 4.79 Å². The Morgan fingerprint density at radius 2 is 2.40 bits per heavy atom. The molecule has 0 radical (unpaired) electrons. The number of amides is 2. The molecule has 1 fully saturated rings. The highest BCUT2D eigenvalue weighted by Gasteiger charge is 2.31. The van der Waals surface area contributed by atoms with Crippen molar-refractivity contribution in [3.63, 3.8) is 0 Å². The molecule has 1 rings (SSSR count). The highest BCUT2D eigenvalue weighted by molar-refractivity contribution is 5.76. The zero-order valence-electron chi connectivity index (χ0n) is 6.24. The molecular formula is C6H12N2O2. The summed E-state index contributed by atoms with van der Waals surface area (Å²) in [5.41, 5.74) is 0. The Bertz CT molecular complexity index is 149. The lowest BCUT2D eigenvalue weighted by molar-refractivity contribution is 0.0793. The molecule has 10 heavy (non-hydrogen) atoms. The van der Waals surface area contributed by atoms with Gasteiger partial charge in [-0.15, -0.1) is 0 Å². The van der Waals surface area contributed by atoms with E-state index in [2.05, 4.69) is 0 Å². The van der Waals surface area contributed by atoms with E-state index >= 15 is 0 Å². The number of aliphatic hydroxyl groups excluding tert-OH is 1. The normalized spacial score (nSPS) is 26.3. The lowest BCUT2D eigenvalue weighted by Gasteiger charge is -2.12. The number of carbonyl (C=O) groups excluding carboxylic acids is 1. The molecule has 0 aliphatic carbocycles. The van der Waals surface area contributed by atoms with Crippen molar-refractivity contribution >= 4 is 6.03 Å². The topological polar surface area (TPSA) is 43.8 Å². The van der Waals surface area contributed by atoms with Gasteiger partial charge in [0.2, 0.25) is 0 Å². The number of nitrogens with zero attached hydrogens (tertiary/aromatic N) is 2. The van der Waals surface area contributed by atoms with Crippen molar-refractivity contribution in [3.8, 4) is 0 Å². The fourth-order valence-electron chi connectivity index (χ4n) is 1.01. The first-order chi connectivity index (χ1) is 4.66. The number of likely N-dealkylation sites (N-methyl/N-ethyl adjacent to an activating group) is 2. The molecule has 2 amide bonds. The van der Waals surface area contributed by atoms with Crippen LogP contribution in [0.4, 0.5) is 4.79 Å². The van der Waals surface area contributed by atoms with E-state index < -0.39 is 6.23 Å². The Kier molecular flexibility index (Phi) is 1.80. The average Bonchev–Trinajstić information content (AvgIpc) is 2.17. The number of hydrogen-bond acceptors (Lipinski definition) is 2. The van der Waals surface area contributed by atoms with Crippen LogP contribution in [0, 0.1) is 0 Å². The first kappa shape index (κ1) is 7.34. The smallest absolute Gasteiger partial charge is 0.321 e. The molecule has 0 saturated carbocycles. The fourth-order valence-corrected chi connectivity index (χ4v) is 1.01. The first-order valence-corrected chi connectivity index (χ1v) is 3.36. The Balaban J connectivity index is 2.62. The van der Waals surface area contributed by atoms with Gasteiger partial charge in [-0.1, -0.05) is 0 Å². The molecule has 1 aliphatic rings. The van der Waals surface area contributed by atoms with Crippen LogP contribution >= 0.6 is 0 Å². The molecule has 4 nitrogen and oxygen atoms in total. The van der Waals surface area contributed by atoms with Crippen molar-refractivity contribution in [3.05, 3.63) is 0 Å². The molecule has 4 heteroatoms. The lowest BCUT2D eigenvalue weighted by Crippen LogP contribution is -2.30. The highest BCUT2D eigenvalue weighted by Crippen LogP contribution is 2.09. The Labute approximate surface area is 60.0 Å². The van der Waals surface area contributed by atoms with Gasteiger partial charge in [0.25, 0.3) is 0 Å². The third-order valence-electron chi connectivity index (χ3n) is 1.78.